The summed E-state index contributed by atoms with van der Waals surface area (Å²) in [6.07, 6.45) is 1.87. The molecule has 0 saturated carbocycles. The number of nitrogens with one attached hydrogen (secondary N) is 1. The number of aryl methyl sites for hydroxylation is 1. The van der Waals surface area contributed by atoms with Gasteiger partial charge in [-0.25, -0.2) is 4.98 Å². The van der Waals surface area contributed by atoms with Crippen molar-refractivity contribution in [3.05, 3.63) is 17.1 Å². The van der Waals surface area contributed by atoms with Crippen LogP contribution in [-0.4, -0.2) is 30.5 Å². The van der Waals surface area contributed by atoms with Crippen molar-refractivity contribution in [1.82, 2.24) is 10.3 Å². The van der Waals surface area contributed by atoms with Crippen LogP contribution in [0.25, 0.3) is 10.2 Å². The number of hydrogen-bond acceptors (Lipinski definition) is 5. The second kappa shape index (κ2) is 4.94. The van der Waals surface area contributed by atoms with Gasteiger partial charge in [-0.3, -0.25) is 4.79 Å². The lowest BCUT2D eigenvalue weighted by atomic mass is 10.1. The van der Waals surface area contributed by atoms with E-state index in [1.165, 1.54) is 0 Å². The number of aromatic nitrogens is 1. The molecule has 1 fully saturated rings. The Hall–Kier alpha value is -1.82. The van der Waals surface area contributed by atoms with Gasteiger partial charge in [0.15, 0.2) is 0 Å². The molecule has 1 aromatic heterocycles. The molecule has 1 atom stereocenters. The number of rotatable bonds is 2. The summed E-state index contributed by atoms with van der Waals surface area (Å²) in [7, 11) is 1.68. The molecule has 1 aliphatic rings. The van der Waals surface area contributed by atoms with Crippen LogP contribution in [0, 0.1) is 6.92 Å². The van der Waals surface area contributed by atoms with Gasteiger partial charge >= 0.3 is 0 Å². The number of amides is 1. The van der Waals surface area contributed by atoms with Crippen LogP contribution in [0.1, 0.15) is 17.8 Å². The van der Waals surface area contributed by atoms with Crippen LogP contribution in [0.4, 0.5) is 11.4 Å². The van der Waals surface area contributed by atoms with Gasteiger partial charge in [0, 0.05) is 13.6 Å². The first-order chi connectivity index (χ1) is 9.60. The number of nitrogen functional groups attached to an aromatic ring is 1. The van der Waals surface area contributed by atoms with Crippen molar-refractivity contribution in [3.63, 3.8) is 0 Å². The Bertz CT molecular complexity index is 666. The summed E-state index contributed by atoms with van der Waals surface area (Å²) in [6.45, 7) is 2.85. The molecule has 6 heteroatoms. The molecule has 1 unspecified atom stereocenters. The van der Waals surface area contributed by atoms with E-state index in [2.05, 4.69) is 15.2 Å². The molecule has 3 rings (SSSR count). The predicted octanol–water partition coefficient (Wildman–Crippen LogP) is 1.90. The Morgan fingerprint density at radius 1 is 1.55 bits per heavy atom. The van der Waals surface area contributed by atoms with Crippen molar-refractivity contribution in [3.8, 4) is 0 Å². The molecule has 3 N–H and O–H groups in total. The molecular formula is C14H18N4OS. The van der Waals surface area contributed by atoms with E-state index >= 15 is 0 Å². The summed E-state index contributed by atoms with van der Waals surface area (Å²) in [4.78, 5) is 18.6. The first-order valence-electron chi connectivity index (χ1n) is 6.75. The number of likely N-dealkylation sites (N-methyl/N-ethyl adjacent to an activating group) is 1. The third-order valence-electron chi connectivity index (χ3n) is 3.76. The quantitative estimate of drug-likeness (QED) is 0.829. The number of fused-ring (bicyclic) bond motifs is 1. The van der Waals surface area contributed by atoms with E-state index in [0.717, 1.165) is 46.0 Å². The zero-order valence-corrected chi connectivity index (χ0v) is 12.5. The van der Waals surface area contributed by atoms with E-state index in [4.69, 9.17) is 5.73 Å². The van der Waals surface area contributed by atoms with E-state index < -0.39 is 0 Å². The molecule has 5 nitrogen and oxygen atoms in total. The molecule has 0 radical (unpaired) electrons. The summed E-state index contributed by atoms with van der Waals surface area (Å²) < 4.78 is 1.10. The maximum atomic E-state index is 12.0. The average molecular weight is 290 g/mol. The highest BCUT2D eigenvalue weighted by atomic mass is 32.1. The summed E-state index contributed by atoms with van der Waals surface area (Å²) in [5.41, 5.74) is 8.79. The third kappa shape index (κ3) is 2.10. The lowest BCUT2D eigenvalue weighted by Gasteiger charge is -2.26. The maximum absolute atomic E-state index is 12.0. The molecule has 1 aliphatic heterocycles. The van der Waals surface area contributed by atoms with Crippen LogP contribution in [0.2, 0.25) is 0 Å². The number of nitrogens with zero attached hydrogens (tertiary/aromatic N) is 2. The largest absolute Gasteiger partial charge is 0.397 e. The summed E-state index contributed by atoms with van der Waals surface area (Å²) >= 11 is 1.64. The van der Waals surface area contributed by atoms with Gasteiger partial charge in [0.1, 0.15) is 6.04 Å². The minimum Gasteiger partial charge on any atom is -0.397 e. The Labute approximate surface area is 121 Å². The lowest BCUT2D eigenvalue weighted by Crippen LogP contribution is -2.42. The Morgan fingerprint density at radius 2 is 2.35 bits per heavy atom. The number of benzene rings is 1. The second-order valence-corrected chi connectivity index (χ2v) is 6.31. The summed E-state index contributed by atoms with van der Waals surface area (Å²) in [5, 5.41) is 3.76. The van der Waals surface area contributed by atoms with Gasteiger partial charge in [-0.2, -0.15) is 0 Å². The number of carbonyl (C=O) groups is 1. The first-order valence-corrected chi connectivity index (χ1v) is 7.56. The molecular weight excluding hydrogens is 272 g/mol. The minimum absolute atomic E-state index is 0.0523. The van der Waals surface area contributed by atoms with Crippen LogP contribution in [0.15, 0.2) is 12.1 Å². The van der Waals surface area contributed by atoms with Gasteiger partial charge in [-0.15, -0.1) is 11.3 Å². The fourth-order valence-electron chi connectivity index (χ4n) is 2.84. The van der Waals surface area contributed by atoms with E-state index in [1.807, 2.05) is 19.1 Å². The second-order valence-electron chi connectivity index (χ2n) is 5.08. The molecule has 0 aliphatic carbocycles. The Morgan fingerprint density at radius 3 is 3.10 bits per heavy atom. The van der Waals surface area contributed by atoms with Crippen LogP contribution in [-0.2, 0) is 4.79 Å². The summed E-state index contributed by atoms with van der Waals surface area (Å²) in [6, 6.07) is 3.85. The zero-order valence-electron chi connectivity index (χ0n) is 11.6. The molecule has 20 heavy (non-hydrogen) atoms. The first kappa shape index (κ1) is 13.2. The Balaban J connectivity index is 2.04. The van der Waals surface area contributed by atoms with E-state index in [1.54, 1.807) is 18.4 Å². The molecule has 0 bridgehead atoms. The van der Waals surface area contributed by atoms with Gasteiger partial charge in [0.2, 0.25) is 5.91 Å². The number of carbonyl (C=O) groups excluding carboxylic acids is 1. The zero-order chi connectivity index (χ0) is 14.3. The van der Waals surface area contributed by atoms with Gasteiger partial charge in [-0.1, -0.05) is 0 Å². The monoisotopic (exact) mass is 290 g/mol. The van der Waals surface area contributed by atoms with E-state index in [-0.39, 0.29) is 11.9 Å². The molecule has 2 aromatic rings. The highest BCUT2D eigenvalue weighted by Crippen LogP contribution is 2.35. The maximum Gasteiger partial charge on any atom is 0.242 e. The highest BCUT2D eigenvalue weighted by molar-refractivity contribution is 7.18. The van der Waals surface area contributed by atoms with Crippen molar-refractivity contribution in [2.24, 2.45) is 0 Å². The van der Waals surface area contributed by atoms with Crippen LogP contribution < -0.4 is 16.0 Å². The molecule has 1 amide bonds. The number of hydrogen-bond donors (Lipinski definition) is 2. The number of thiazole rings is 1. The van der Waals surface area contributed by atoms with Gasteiger partial charge in [0.05, 0.1) is 26.6 Å². The lowest BCUT2D eigenvalue weighted by molar-refractivity contribution is -0.121. The van der Waals surface area contributed by atoms with Gasteiger partial charge < -0.3 is 16.0 Å². The third-order valence-corrected chi connectivity index (χ3v) is 4.69. The molecule has 2 heterocycles. The SMILES string of the molecule is CNC(=O)C1CCCN1c1cc2nc(C)sc2cc1N. The fraction of sp³-hybridized carbons (Fsp3) is 0.429. The van der Waals surface area contributed by atoms with Crippen LogP contribution >= 0.6 is 11.3 Å². The minimum atomic E-state index is -0.125. The van der Waals surface area contributed by atoms with E-state index in [9.17, 15) is 4.79 Å². The normalized spacial score (nSPS) is 18.7. The predicted molar refractivity (Wildman–Crippen MR) is 83.2 cm³/mol. The smallest absolute Gasteiger partial charge is 0.242 e. The number of nitrogens with two attached hydrogens (primary N) is 1. The van der Waals surface area contributed by atoms with E-state index in [0.29, 0.717) is 0 Å². The standard InChI is InChI=1S/C14H18N4OS/c1-8-17-10-7-12(9(15)6-13(10)20-8)18-5-3-4-11(18)14(19)16-2/h6-7,11H,3-5,15H2,1-2H3,(H,16,19). The number of anilines is 2. The summed E-state index contributed by atoms with van der Waals surface area (Å²) in [5.74, 6) is 0.0523. The van der Waals surface area contributed by atoms with Crippen molar-refractivity contribution in [2.75, 3.05) is 24.2 Å². The molecule has 1 saturated heterocycles. The van der Waals surface area contributed by atoms with Crippen molar-refractivity contribution < 1.29 is 4.79 Å². The van der Waals surface area contributed by atoms with Crippen LogP contribution in [0.3, 0.4) is 0 Å². The van der Waals surface area contributed by atoms with Crippen molar-refractivity contribution >= 4 is 38.8 Å². The van der Waals surface area contributed by atoms with Crippen LogP contribution in [0.5, 0.6) is 0 Å². The average Bonchev–Trinajstić information content (AvgIpc) is 3.01. The highest BCUT2D eigenvalue weighted by Gasteiger charge is 2.31. The van der Waals surface area contributed by atoms with Crippen molar-refractivity contribution in [2.45, 2.75) is 25.8 Å². The topological polar surface area (TPSA) is 71.2 Å². The van der Waals surface area contributed by atoms with Gasteiger partial charge in [-0.05, 0) is 31.9 Å². The molecule has 1 aromatic carbocycles. The fourth-order valence-corrected chi connectivity index (χ4v) is 3.69. The Kier molecular flexibility index (Phi) is 3.25. The molecule has 0 spiro atoms. The molecule has 106 valence electrons. The van der Waals surface area contributed by atoms with Crippen molar-refractivity contribution in [1.29, 1.82) is 0 Å². The van der Waals surface area contributed by atoms with Gasteiger partial charge in [0.25, 0.3) is 0 Å².